The quantitative estimate of drug-likeness (QED) is 0.0894. The lowest BCUT2D eigenvalue weighted by Gasteiger charge is -2.11. The van der Waals surface area contributed by atoms with Crippen molar-refractivity contribution in [2.45, 2.75) is 32.4 Å². The highest BCUT2D eigenvalue weighted by Crippen LogP contribution is 2.16. The number of aliphatic carboxylic acids is 1. The maximum Gasteiger partial charge on any atom is 0.328 e. The molecule has 38 heavy (non-hydrogen) atoms. The summed E-state index contributed by atoms with van der Waals surface area (Å²) in [6.07, 6.45) is 0.299. The summed E-state index contributed by atoms with van der Waals surface area (Å²) in [6, 6.07) is 21.2. The number of para-hydroxylation sites is 2. The molecule has 3 aromatic carbocycles. The van der Waals surface area contributed by atoms with Gasteiger partial charge in [-0.05, 0) is 71.5 Å². The molecule has 1 atom stereocenters. The van der Waals surface area contributed by atoms with E-state index in [0.29, 0.717) is 42.6 Å². The Morgan fingerprint density at radius 3 is 2.63 bits per heavy atom. The smallest absolute Gasteiger partial charge is 0.328 e. The van der Waals surface area contributed by atoms with Crippen molar-refractivity contribution < 1.29 is 23.8 Å². The van der Waals surface area contributed by atoms with Crippen LogP contribution in [0.25, 0.3) is 11.1 Å². The molecule has 4 rings (SSSR count). The number of nitrogens with zero attached hydrogens (tertiary/aromatic N) is 2. The lowest BCUT2D eigenvalue weighted by Crippen LogP contribution is -2.23. The highest BCUT2D eigenvalue weighted by atomic mass is 127. The van der Waals surface area contributed by atoms with Crippen LogP contribution in [-0.2, 0) is 17.8 Å². The minimum Gasteiger partial charge on any atom is -0.492 e. The number of ether oxygens (including phenoxy) is 1. The first-order valence-corrected chi connectivity index (χ1v) is 13.3. The molecule has 0 aliphatic rings. The zero-order valence-electron chi connectivity index (χ0n) is 20.9. The number of ketones is 1. The maximum absolute atomic E-state index is 12.5. The molecule has 0 aliphatic heterocycles. The summed E-state index contributed by atoms with van der Waals surface area (Å²) in [5.74, 6) is 0.197. The third kappa shape index (κ3) is 7.96. The molecular formula is C29H28IN3O5. The lowest BCUT2D eigenvalue weighted by atomic mass is 10.0. The number of aliphatic imine (C=N–C) groups is 1. The number of fused-ring (bicyclic) bond motifs is 1. The van der Waals surface area contributed by atoms with Gasteiger partial charge in [-0.25, -0.2) is 9.78 Å². The molecule has 9 heteroatoms. The summed E-state index contributed by atoms with van der Waals surface area (Å²) in [5, 5.41) is 12.9. The number of carbonyl (C=O) groups is 2. The molecule has 8 nitrogen and oxygen atoms in total. The van der Waals surface area contributed by atoms with Gasteiger partial charge in [-0.1, -0.05) is 36.4 Å². The molecule has 4 aromatic rings. The second-order valence-electron chi connectivity index (χ2n) is 8.78. The van der Waals surface area contributed by atoms with E-state index in [1.165, 1.54) is 0 Å². The van der Waals surface area contributed by atoms with E-state index in [1.807, 2.05) is 66.7 Å². The number of rotatable bonds is 13. The lowest BCUT2D eigenvalue weighted by molar-refractivity contribution is -0.138. The molecular weight excluding hydrogens is 597 g/mol. The second kappa shape index (κ2) is 13.3. The first-order chi connectivity index (χ1) is 18.4. The van der Waals surface area contributed by atoms with Gasteiger partial charge in [-0.3, -0.25) is 9.79 Å². The van der Waals surface area contributed by atoms with E-state index in [1.54, 1.807) is 13.0 Å². The summed E-state index contributed by atoms with van der Waals surface area (Å²) in [6.45, 7) is 3.26. The molecule has 0 spiro atoms. The Labute approximate surface area is 234 Å². The first-order valence-electron chi connectivity index (χ1n) is 12.2. The monoisotopic (exact) mass is 625 g/mol. The van der Waals surface area contributed by atoms with Crippen molar-refractivity contribution in [3.63, 3.8) is 0 Å². The largest absolute Gasteiger partial charge is 0.492 e. The maximum atomic E-state index is 12.5. The Morgan fingerprint density at radius 2 is 1.89 bits per heavy atom. The van der Waals surface area contributed by atoms with E-state index in [9.17, 15) is 14.7 Å². The summed E-state index contributed by atoms with van der Waals surface area (Å²) in [7, 11) is 0. The fourth-order valence-corrected chi connectivity index (χ4v) is 4.42. The second-order valence-corrected chi connectivity index (χ2v) is 10.0. The van der Waals surface area contributed by atoms with Crippen LogP contribution < -0.4 is 10.1 Å². The summed E-state index contributed by atoms with van der Waals surface area (Å²) < 4.78 is 12.4. The van der Waals surface area contributed by atoms with E-state index in [2.05, 4.69) is 37.9 Å². The van der Waals surface area contributed by atoms with Crippen molar-refractivity contribution in [3.05, 3.63) is 93.4 Å². The highest BCUT2D eigenvalue weighted by molar-refractivity contribution is 14.1. The molecule has 0 saturated heterocycles. The minimum absolute atomic E-state index is 0.0804. The topological polar surface area (TPSA) is 114 Å². The van der Waals surface area contributed by atoms with Crippen LogP contribution in [-0.4, -0.2) is 46.7 Å². The van der Waals surface area contributed by atoms with Crippen LogP contribution in [0, 0.1) is 3.57 Å². The summed E-state index contributed by atoms with van der Waals surface area (Å²) in [5.41, 5.74) is 3.51. The van der Waals surface area contributed by atoms with Crippen molar-refractivity contribution in [2.75, 3.05) is 13.2 Å². The van der Waals surface area contributed by atoms with Crippen LogP contribution in [0.2, 0.25) is 0 Å². The third-order valence-electron chi connectivity index (χ3n) is 5.74. The Kier molecular flexibility index (Phi) is 9.61. The molecule has 0 saturated carbocycles. The van der Waals surface area contributed by atoms with Crippen LogP contribution in [0.5, 0.6) is 5.75 Å². The fraction of sp³-hybridized carbons (Fsp3) is 0.241. The molecule has 0 bridgehead atoms. The molecule has 0 amide bonds. The highest BCUT2D eigenvalue weighted by Gasteiger charge is 2.18. The van der Waals surface area contributed by atoms with E-state index in [4.69, 9.17) is 9.15 Å². The molecule has 2 N–H and O–H groups in total. The van der Waals surface area contributed by atoms with Crippen molar-refractivity contribution in [3.8, 4) is 5.75 Å². The number of carbonyl (C=O) groups excluding carboxylic acids is 1. The number of oxazole rings is 1. The van der Waals surface area contributed by atoms with Crippen LogP contribution >= 0.6 is 22.6 Å². The van der Waals surface area contributed by atoms with Crippen molar-refractivity contribution >= 4 is 51.2 Å². The molecule has 0 aliphatic carbocycles. The Balaban J connectivity index is 1.23. The Bertz CT molecular complexity index is 1400. The Morgan fingerprint density at radius 1 is 1.11 bits per heavy atom. The van der Waals surface area contributed by atoms with Gasteiger partial charge in [0, 0.05) is 34.2 Å². The van der Waals surface area contributed by atoms with E-state index in [-0.39, 0.29) is 18.6 Å². The number of nitrogens with one attached hydrogen (secondary N) is 1. The fourth-order valence-electron chi connectivity index (χ4n) is 3.87. The van der Waals surface area contributed by atoms with Crippen LogP contribution in [0.15, 0.2) is 82.2 Å². The molecule has 0 fully saturated rings. The van der Waals surface area contributed by atoms with E-state index < -0.39 is 12.0 Å². The van der Waals surface area contributed by atoms with Gasteiger partial charge in [0.05, 0.1) is 6.54 Å². The van der Waals surface area contributed by atoms with Crippen LogP contribution in [0.3, 0.4) is 0 Å². The zero-order valence-corrected chi connectivity index (χ0v) is 23.1. The van der Waals surface area contributed by atoms with E-state index >= 15 is 0 Å². The molecule has 0 unspecified atom stereocenters. The number of benzene rings is 3. The summed E-state index contributed by atoms with van der Waals surface area (Å²) >= 11 is 2.15. The molecule has 0 radical (unpaired) electrons. The van der Waals surface area contributed by atoms with Crippen molar-refractivity contribution in [2.24, 2.45) is 4.99 Å². The third-order valence-corrected chi connectivity index (χ3v) is 6.41. The minimum atomic E-state index is -1.03. The van der Waals surface area contributed by atoms with Gasteiger partial charge >= 0.3 is 5.97 Å². The van der Waals surface area contributed by atoms with Crippen LogP contribution in [0.4, 0.5) is 0 Å². The van der Waals surface area contributed by atoms with E-state index in [0.717, 1.165) is 20.2 Å². The predicted molar refractivity (Wildman–Crippen MR) is 154 cm³/mol. The molecule has 1 heterocycles. The number of hydrogen-bond donors (Lipinski definition) is 2. The zero-order chi connectivity index (χ0) is 26.9. The standard InChI is InChI=1S/C29H28IN3O5/c1-19(15-26(34)21-5-4-6-22(30)17-21)32-25(29(35)36)16-20-9-11-23(12-10-20)37-14-13-31-18-28-33-24-7-2-3-8-27(24)38-28/h2-12,17,25,31H,13-16,18H2,1H3,(H,35,36)/t25-/m0/s1. The Hall–Kier alpha value is -3.57. The number of halogens is 1. The number of hydrogen-bond acceptors (Lipinski definition) is 7. The van der Waals surface area contributed by atoms with Gasteiger partial charge in [0.15, 0.2) is 17.4 Å². The SMILES string of the molecule is CC(CC(=O)c1cccc(I)c1)=N[C@@H](Cc1ccc(OCCNCc2nc3ccccc3o2)cc1)C(=O)O. The van der Waals surface area contributed by atoms with Gasteiger partial charge in [-0.15, -0.1) is 0 Å². The predicted octanol–water partition coefficient (Wildman–Crippen LogP) is 5.33. The average molecular weight is 625 g/mol. The van der Waals surface area contributed by atoms with Crippen molar-refractivity contribution in [1.82, 2.24) is 10.3 Å². The normalized spacial score (nSPS) is 12.4. The van der Waals surface area contributed by atoms with Crippen LogP contribution in [0.1, 0.15) is 35.2 Å². The van der Waals surface area contributed by atoms with Crippen molar-refractivity contribution in [1.29, 1.82) is 0 Å². The number of Topliss-reactive ketones (excluding diaryl/α,β-unsaturated/α-hetero) is 1. The molecule has 1 aromatic heterocycles. The molecule has 196 valence electrons. The number of carboxylic acids is 1. The summed E-state index contributed by atoms with van der Waals surface area (Å²) in [4.78, 5) is 33.1. The van der Waals surface area contributed by atoms with Gasteiger partial charge in [0.2, 0.25) is 5.89 Å². The average Bonchev–Trinajstić information content (AvgIpc) is 3.32. The first kappa shape index (κ1) is 27.5. The number of carboxylic acid groups (broad SMARTS) is 1. The van der Waals surface area contributed by atoms with Gasteiger partial charge in [0.25, 0.3) is 0 Å². The van der Waals surface area contributed by atoms with Gasteiger partial charge in [-0.2, -0.15) is 0 Å². The van der Waals surface area contributed by atoms with Gasteiger partial charge in [0.1, 0.15) is 17.9 Å². The van der Waals surface area contributed by atoms with Gasteiger partial charge < -0.3 is 19.6 Å². The number of aromatic nitrogens is 1.